The van der Waals surface area contributed by atoms with Gasteiger partial charge in [-0.2, -0.15) is 0 Å². The van der Waals surface area contributed by atoms with Crippen LogP contribution in [0.2, 0.25) is 0 Å². The molecule has 0 atom stereocenters. The zero-order chi connectivity index (χ0) is 18.4. The number of carbonyl (C=O) groups is 1. The van der Waals surface area contributed by atoms with Crippen molar-refractivity contribution in [1.82, 2.24) is 5.32 Å². The van der Waals surface area contributed by atoms with Gasteiger partial charge in [0, 0.05) is 18.7 Å². The summed E-state index contributed by atoms with van der Waals surface area (Å²) in [7, 11) is 0. The molecule has 3 aromatic rings. The van der Waals surface area contributed by atoms with Crippen molar-refractivity contribution in [1.29, 1.82) is 0 Å². The smallest absolute Gasteiger partial charge is 0.252 e. The monoisotopic (exact) mass is 357 g/mol. The van der Waals surface area contributed by atoms with Crippen molar-refractivity contribution < 1.29 is 4.79 Å². The van der Waals surface area contributed by atoms with Gasteiger partial charge in [-0.1, -0.05) is 42.5 Å². The Labute approximate surface area is 159 Å². The summed E-state index contributed by atoms with van der Waals surface area (Å²) in [6, 6.07) is 18.8. The number of anilines is 2. The molecule has 3 aromatic carbocycles. The van der Waals surface area contributed by atoms with E-state index in [0.29, 0.717) is 0 Å². The predicted octanol–water partition coefficient (Wildman–Crippen LogP) is 4.40. The SMILES string of the molecule is Cc1cc2c(cc1C(=O)NC1(c3cccc4ccccc34)CC1)NCCN2. The summed E-state index contributed by atoms with van der Waals surface area (Å²) in [6.45, 7) is 3.78. The predicted molar refractivity (Wildman–Crippen MR) is 110 cm³/mol. The molecular weight excluding hydrogens is 334 g/mol. The van der Waals surface area contributed by atoms with Gasteiger partial charge in [0.05, 0.1) is 16.9 Å². The van der Waals surface area contributed by atoms with Gasteiger partial charge in [-0.25, -0.2) is 0 Å². The van der Waals surface area contributed by atoms with Gasteiger partial charge in [0.2, 0.25) is 0 Å². The van der Waals surface area contributed by atoms with E-state index >= 15 is 0 Å². The van der Waals surface area contributed by atoms with Crippen LogP contribution in [0.5, 0.6) is 0 Å². The van der Waals surface area contributed by atoms with E-state index in [-0.39, 0.29) is 11.4 Å². The maximum Gasteiger partial charge on any atom is 0.252 e. The van der Waals surface area contributed by atoms with Crippen LogP contribution in [0.25, 0.3) is 10.8 Å². The molecule has 4 nitrogen and oxygen atoms in total. The second kappa shape index (κ2) is 6.02. The minimum Gasteiger partial charge on any atom is -0.382 e. The Morgan fingerprint density at radius 3 is 2.44 bits per heavy atom. The standard InChI is InChI=1S/C23H23N3O/c1-15-13-20-21(25-12-11-24-20)14-18(15)22(27)26-23(9-10-23)19-8-4-6-16-5-2-3-7-17(16)19/h2-8,13-14,24-25H,9-12H2,1H3,(H,26,27). The highest BCUT2D eigenvalue weighted by Crippen LogP contribution is 2.48. The van der Waals surface area contributed by atoms with Gasteiger partial charge >= 0.3 is 0 Å². The number of hydrogen-bond acceptors (Lipinski definition) is 3. The average Bonchev–Trinajstić information content (AvgIpc) is 3.47. The zero-order valence-corrected chi connectivity index (χ0v) is 15.4. The normalized spacial score (nSPS) is 16.8. The Morgan fingerprint density at radius 1 is 0.963 bits per heavy atom. The summed E-state index contributed by atoms with van der Waals surface area (Å²) in [5, 5.41) is 12.6. The second-order valence-electron chi connectivity index (χ2n) is 7.63. The summed E-state index contributed by atoms with van der Waals surface area (Å²) < 4.78 is 0. The van der Waals surface area contributed by atoms with Gasteiger partial charge in [-0.05, 0) is 53.8 Å². The van der Waals surface area contributed by atoms with Crippen LogP contribution in [0, 0.1) is 6.92 Å². The number of benzene rings is 3. The number of amides is 1. The highest BCUT2D eigenvalue weighted by atomic mass is 16.1. The lowest BCUT2D eigenvalue weighted by atomic mass is 9.96. The third-order valence-electron chi connectivity index (χ3n) is 5.77. The van der Waals surface area contributed by atoms with Crippen LogP contribution in [-0.2, 0) is 5.54 Å². The van der Waals surface area contributed by atoms with Crippen molar-refractivity contribution in [2.45, 2.75) is 25.3 Å². The molecule has 4 heteroatoms. The van der Waals surface area contributed by atoms with Crippen molar-refractivity contribution in [2.24, 2.45) is 0 Å². The van der Waals surface area contributed by atoms with Crippen molar-refractivity contribution >= 4 is 28.1 Å². The summed E-state index contributed by atoms with van der Waals surface area (Å²) in [5.74, 6) is 0.00751. The molecule has 0 radical (unpaired) electrons. The van der Waals surface area contributed by atoms with Gasteiger partial charge in [0.25, 0.3) is 5.91 Å². The molecule has 3 N–H and O–H groups in total. The summed E-state index contributed by atoms with van der Waals surface area (Å²) in [6.07, 6.45) is 1.97. The van der Waals surface area contributed by atoms with E-state index < -0.39 is 0 Å². The van der Waals surface area contributed by atoms with E-state index in [1.165, 1.54) is 16.3 Å². The number of aryl methyl sites for hydroxylation is 1. The summed E-state index contributed by atoms with van der Waals surface area (Å²) in [4.78, 5) is 13.2. The van der Waals surface area contributed by atoms with E-state index in [2.05, 4.69) is 64.5 Å². The largest absolute Gasteiger partial charge is 0.382 e. The van der Waals surface area contributed by atoms with Crippen molar-refractivity contribution in [3.63, 3.8) is 0 Å². The van der Waals surface area contributed by atoms with E-state index in [9.17, 15) is 4.79 Å². The third kappa shape index (κ3) is 2.72. The zero-order valence-electron chi connectivity index (χ0n) is 15.4. The topological polar surface area (TPSA) is 53.2 Å². The maximum atomic E-state index is 13.2. The molecule has 5 rings (SSSR count). The highest BCUT2D eigenvalue weighted by Gasteiger charge is 2.46. The molecule has 1 aliphatic carbocycles. The molecule has 1 saturated carbocycles. The van der Waals surface area contributed by atoms with Gasteiger partial charge < -0.3 is 16.0 Å². The highest BCUT2D eigenvalue weighted by molar-refractivity contribution is 5.99. The van der Waals surface area contributed by atoms with Crippen LogP contribution in [0.4, 0.5) is 11.4 Å². The minimum atomic E-state index is -0.244. The fourth-order valence-electron chi connectivity index (χ4n) is 4.15. The van der Waals surface area contributed by atoms with E-state index in [1.54, 1.807) is 0 Å². The summed E-state index contributed by atoms with van der Waals surface area (Å²) in [5.41, 5.74) is 4.81. The minimum absolute atomic E-state index is 0.00751. The Morgan fingerprint density at radius 2 is 1.67 bits per heavy atom. The first-order valence-electron chi connectivity index (χ1n) is 9.59. The lowest BCUT2D eigenvalue weighted by Gasteiger charge is -2.24. The van der Waals surface area contributed by atoms with Gasteiger partial charge in [0.15, 0.2) is 0 Å². The first-order valence-corrected chi connectivity index (χ1v) is 9.59. The van der Waals surface area contributed by atoms with E-state index in [1.807, 2.05) is 13.0 Å². The fourth-order valence-corrected chi connectivity index (χ4v) is 4.15. The Balaban J connectivity index is 1.49. The lowest BCUT2D eigenvalue weighted by Crippen LogP contribution is -2.35. The van der Waals surface area contributed by atoms with Crippen molar-refractivity contribution in [3.05, 3.63) is 71.3 Å². The number of hydrogen-bond donors (Lipinski definition) is 3. The molecule has 0 aromatic heterocycles. The van der Waals surface area contributed by atoms with Crippen LogP contribution < -0.4 is 16.0 Å². The molecule has 136 valence electrons. The summed E-state index contributed by atoms with van der Waals surface area (Å²) >= 11 is 0. The molecular formula is C23H23N3O. The Hall–Kier alpha value is -3.01. The van der Waals surface area contributed by atoms with Crippen LogP contribution in [0.3, 0.4) is 0 Å². The van der Waals surface area contributed by atoms with Gasteiger partial charge in [-0.15, -0.1) is 0 Å². The molecule has 1 aliphatic heterocycles. The molecule has 0 unspecified atom stereocenters. The molecule has 0 saturated heterocycles. The van der Waals surface area contributed by atoms with E-state index in [0.717, 1.165) is 48.4 Å². The molecule has 2 aliphatic rings. The van der Waals surface area contributed by atoms with Crippen LogP contribution >= 0.6 is 0 Å². The molecule has 1 heterocycles. The molecule has 0 spiro atoms. The fraction of sp³-hybridized carbons (Fsp3) is 0.261. The van der Waals surface area contributed by atoms with Gasteiger partial charge in [-0.3, -0.25) is 4.79 Å². The molecule has 1 amide bonds. The first kappa shape index (κ1) is 16.2. The van der Waals surface area contributed by atoms with Crippen molar-refractivity contribution in [3.8, 4) is 0 Å². The molecule has 1 fully saturated rings. The molecule has 0 bridgehead atoms. The number of nitrogens with one attached hydrogen (secondary N) is 3. The van der Waals surface area contributed by atoms with Crippen molar-refractivity contribution in [2.75, 3.05) is 23.7 Å². The van der Waals surface area contributed by atoms with E-state index in [4.69, 9.17) is 0 Å². The maximum absolute atomic E-state index is 13.2. The number of carbonyl (C=O) groups excluding carboxylic acids is 1. The second-order valence-corrected chi connectivity index (χ2v) is 7.63. The van der Waals surface area contributed by atoms with Crippen LogP contribution in [0.15, 0.2) is 54.6 Å². The number of rotatable bonds is 3. The van der Waals surface area contributed by atoms with Crippen LogP contribution in [-0.4, -0.2) is 19.0 Å². The Bertz CT molecular complexity index is 1050. The third-order valence-corrected chi connectivity index (χ3v) is 5.77. The van der Waals surface area contributed by atoms with Crippen LogP contribution in [0.1, 0.15) is 34.3 Å². The first-order chi connectivity index (χ1) is 13.2. The average molecular weight is 357 g/mol. The quantitative estimate of drug-likeness (QED) is 0.651. The Kier molecular flexibility index (Phi) is 3.61. The lowest BCUT2D eigenvalue weighted by molar-refractivity contribution is 0.0930. The molecule has 27 heavy (non-hydrogen) atoms. The van der Waals surface area contributed by atoms with Gasteiger partial charge in [0.1, 0.15) is 0 Å². The number of fused-ring (bicyclic) bond motifs is 2.